The van der Waals surface area contributed by atoms with Crippen molar-refractivity contribution < 1.29 is 4.79 Å². The van der Waals surface area contributed by atoms with E-state index in [0.29, 0.717) is 11.7 Å². The molecule has 0 fully saturated rings. The highest BCUT2D eigenvalue weighted by molar-refractivity contribution is 7.98. The number of carbonyl (C=O) groups excluding carboxylic acids is 1. The smallest absolute Gasteiger partial charge is 0.131 e. The zero-order valence-corrected chi connectivity index (χ0v) is 12.0. The Morgan fingerprint density at radius 2 is 2.00 bits per heavy atom. The number of benzene rings is 1. The Labute approximate surface area is 116 Å². The standard InChI is InChI=1S/C15H16OS2/c1-12(16)10-15(14-8-5-9-17-14)18-11-13-6-3-2-4-7-13/h2-9,15H,10-11H2,1H3/t15-/m1/s1. The Kier molecular flexibility index (Phi) is 5.02. The van der Waals surface area contributed by atoms with Gasteiger partial charge in [0.15, 0.2) is 0 Å². The van der Waals surface area contributed by atoms with Crippen molar-refractivity contribution in [3.63, 3.8) is 0 Å². The molecule has 0 unspecified atom stereocenters. The average molecular weight is 276 g/mol. The molecule has 0 N–H and O–H groups in total. The lowest BCUT2D eigenvalue weighted by Crippen LogP contribution is -1.99. The Morgan fingerprint density at radius 3 is 2.61 bits per heavy atom. The molecule has 94 valence electrons. The molecule has 0 radical (unpaired) electrons. The van der Waals surface area contributed by atoms with Crippen LogP contribution in [-0.2, 0) is 10.5 Å². The van der Waals surface area contributed by atoms with E-state index < -0.39 is 0 Å². The van der Waals surface area contributed by atoms with Crippen molar-refractivity contribution in [1.29, 1.82) is 0 Å². The number of hydrogen-bond acceptors (Lipinski definition) is 3. The highest BCUT2D eigenvalue weighted by Crippen LogP contribution is 2.36. The van der Waals surface area contributed by atoms with E-state index in [-0.39, 0.29) is 5.78 Å². The molecule has 18 heavy (non-hydrogen) atoms. The van der Waals surface area contributed by atoms with Gasteiger partial charge in [-0.3, -0.25) is 4.79 Å². The molecule has 0 aliphatic carbocycles. The topological polar surface area (TPSA) is 17.1 Å². The van der Waals surface area contributed by atoms with Gasteiger partial charge in [0.2, 0.25) is 0 Å². The molecule has 0 saturated heterocycles. The summed E-state index contributed by atoms with van der Waals surface area (Å²) in [6.45, 7) is 1.67. The lowest BCUT2D eigenvalue weighted by molar-refractivity contribution is -0.117. The van der Waals surface area contributed by atoms with Crippen molar-refractivity contribution >= 4 is 28.9 Å². The quantitative estimate of drug-likeness (QED) is 0.760. The first-order chi connectivity index (χ1) is 8.75. The van der Waals surface area contributed by atoms with Crippen LogP contribution >= 0.6 is 23.1 Å². The molecular formula is C15H16OS2. The highest BCUT2D eigenvalue weighted by atomic mass is 32.2. The van der Waals surface area contributed by atoms with Gasteiger partial charge in [-0.2, -0.15) is 0 Å². The van der Waals surface area contributed by atoms with E-state index in [4.69, 9.17) is 0 Å². The van der Waals surface area contributed by atoms with Gasteiger partial charge in [0.05, 0.1) is 0 Å². The molecule has 2 rings (SSSR count). The molecule has 0 aliphatic heterocycles. The molecule has 1 heterocycles. The number of hydrogen-bond donors (Lipinski definition) is 0. The second-order valence-corrected chi connectivity index (χ2v) is 6.38. The van der Waals surface area contributed by atoms with Crippen molar-refractivity contribution in [3.05, 3.63) is 58.3 Å². The maximum Gasteiger partial charge on any atom is 0.131 e. The molecule has 0 aliphatic rings. The van der Waals surface area contributed by atoms with E-state index >= 15 is 0 Å². The first kappa shape index (κ1) is 13.4. The fourth-order valence-corrected chi connectivity index (χ4v) is 4.01. The van der Waals surface area contributed by atoms with Gasteiger partial charge in [-0.05, 0) is 23.9 Å². The Morgan fingerprint density at radius 1 is 1.22 bits per heavy atom. The van der Waals surface area contributed by atoms with E-state index in [1.54, 1.807) is 18.3 Å². The molecule has 1 atom stereocenters. The third-order valence-corrected chi connectivity index (χ3v) is 5.09. The lowest BCUT2D eigenvalue weighted by Gasteiger charge is -2.13. The molecule has 1 aromatic heterocycles. The van der Waals surface area contributed by atoms with Gasteiger partial charge >= 0.3 is 0 Å². The van der Waals surface area contributed by atoms with E-state index in [2.05, 4.69) is 41.8 Å². The summed E-state index contributed by atoms with van der Waals surface area (Å²) in [5.74, 6) is 1.21. The summed E-state index contributed by atoms with van der Waals surface area (Å²) in [4.78, 5) is 12.6. The Bertz CT molecular complexity index is 476. The summed E-state index contributed by atoms with van der Waals surface area (Å²) in [6, 6.07) is 14.6. The van der Waals surface area contributed by atoms with Crippen LogP contribution in [0.25, 0.3) is 0 Å². The van der Waals surface area contributed by atoms with Gasteiger partial charge in [-0.25, -0.2) is 0 Å². The predicted molar refractivity (Wildman–Crippen MR) is 80.1 cm³/mol. The second kappa shape index (κ2) is 6.76. The van der Waals surface area contributed by atoms with Gasteiger partial charge in [-0.1, -0.05) is 36.4 Å². The zero-order chi connectivity index (χ0) is 12.8. The molecule has 2 aromatic rings. The first-order valence-electron chi connectivity index (χ1n) is 5.94. The van der Waals surface area contributed by atoms with Gasteiger partial charge in [0.1, 0.15) is 5.78 Å². The van der Waals surface area contributed by atoms with Crippen LogP contribution in [0, 0.1) is 0 Å². The van der Waals surface area contributed by atoms with Crippen LogP contribution in [0.5, 0.6) is 0 Å². The van der Waals surface area contributed by atoms with E-state index in [9.17, 15) is 4.79 Å². The van der Waals surface area contributed by atoms with Crippen molar-refractivity contribution in [3.8, 4) is 0 Å². The average Bonchev–Trinajstić information content (AvgIpc) is 2.89. The Hall–Kier alpha value is -1.06. The largest absolute Gasteiger partial charge is 0.300 e. The number of rotatable bonds is 6. The van der Waals surface area contributed by atoms with Crippen LogP contribution in [0.3, 0.4) is 0 Å². The number of thiophene rings is 1. The molecule has 0 amide bonds. The first-order valence-corrected chi connectivity index (χ1v) is 7.87. The maximum atomic E-state index is 11.4. The summed E-state index contributed by atoms with van der Waals surface area (Å²) in [5, 5.41) is 2.37. The van der Waals surface area contributed by atoms with Crippen LogP contribution in [0.4, 0.5) is 0 Å². The minimum Gasteiger partial charge on any atom is -0.300 e. The second-order valence-electron chi connectivity index (χ2n) is 4.21. The van der Waals surface area contributed by atoms with Crippen molar-refractivity contribution in [2.45, 2.75) is 24.3 Å². The number of carbonyl (C=O) groups is 1. The molecule has 0 saturated carbocycles. The lowest BCUT2D eigenvalue weighted by atomic mass is 10.2. The Balaban J connectivity index is 2.00. The fourth-order valence-electron chi connectivity index (χ4n) is 1.75. The fraction of sp³-hybridized carbons (Fsp3) is 0.267. The zero-order valence-electron chi connectivity index (χ0n) is 10.3. The van der Waals surface area contributed by atoms with Gasteiger partial charge in [0, 0.05) is 22.3 Å². The number of thioether (sulfide) groups is 1. The third-order valence-electron chi connectivity index (χ3n) is 2.63. The van der Waals surface area contributed by atoms with Crippen LogP contribution in [-0.4, -0.2) is 5.78 Å². The summed E-state index contributed by atoms with van der Waals surface area (Å²) >= 11 is 3.59. The summed E-state index contributed by atoms with van der Waals surface area (Å²) in [7, 11) is 0. The van der Waals surface area contributed by atoms with E-state index in [1.807, 2.05) is 17.8 Å². The van der Waals surface area contributed by atoms with Crippen LogP contribution in [0.15, 0.2) is 47.8 Å². The minimum atomic E-state index is 0.258. The summed E-state index contributed by atoms with van der Waals surface area (Å²) in [5.41, 5.74) is 1.31. The molecule has 1 aromatic carbocycles. The van der Waals surface area contributed by atoms with E-state index in [1.165, 1.54) is 10.4 Å². The van der Waals surface area contributed by atoms with Crippen molar-refractivity contribution in [1.82, 2.24) is 0 Å². The third kappa shape index (κ3) is 4.00. The monoisotopic (exact) mass is 276 g/mol. The van der Waals surface area contributed by atoms with Crippen LogP contribution in [0.2, 0.25) is 0 Å². The van der Waals surface area contributed by atoms with E-state index in [0.717, 1.165) is 5.75 Å². The van der Waals surface area contributed by atoms with Gasteiger partial charge < -0.3 is 0 Å². The van der Waals surface area contributed by atoms with Crippen LogP contribution in [0.1, 0.15) is 29.0 Å². The molecule has 3 heteroatoms. The molecular weight excluding hydrogens is 260 g/mol. The van der Waals surface area contributed by atoms with Gasteiger partial charge in [0.25, 0.3) is 0 Å². The SMILES string of the molecule is CC(=O)C[C@@H](SCc1ccccc1)c1cccs1. The van der Waals surface area contributed by atoms with Gasteiger partial charge in [-0.15, -0.1) is 23.1 Å². The highest BCUT2D eigenvalue weighted by Gasteiger charge is 2.15. The number of Topliss-reactive ketones (excluding diaryl/α,β-unsaturated/α-hetero) is 1. The number of ketones is 1. The minimum absolute atomic E-state index is 0.258. The molecule has 0 spiro atoms. The maximum absolute atomic E-state index is 11.4. The van der Waals surface area contributed by atoms with Crippen LogP contribution < -0.4 is 0 Å². The van der Waals surface area contributed by atoms with Crippen molar-refractivity contribution in [2.75, 3.05) is 0 Å². The molecule has 1 nitrogen and oxygen atoms in total. The normalized spacial score (nSPS) is 12.3. The summed E-state index contributed by atoms with van der Waals surface area (Å²) < 4.78 is 0. The predicted octanol–water partition coefficient (Wildman–Crippen LogP) is 4.70. The molecule has 0 bridgehead atoms. The summed E-state index contributed by atoms with van der Waals surface area (Å²) in [6.07, 6.45) is 0.623. The van der Waals surface area contributed by atoms with Crippen molar-refractivity contribution in [2.24, 2.45) is 0 Å².